The van der Waals surface area contributed by atoms with Gasteiger partial charge in [-0.05, 0) is 54.7 Å². The monoisotopic (exact) mass is 373 g/mol. The molecule has 1 aromatic carbocycles. The number of hydrogen-bond acceptors (Lipinski definition) is 5. The Hall–Kier alpha value is -1.57. The molecule has 0 unspecified atom stereocenters. The number of benzene rings is 1. The molecule has 7 heteroatoms. The van der Waals surface area contributed by atoms with Crippen molar-refractivity contribution < 1.29 is 4.79 Å². The summed E-state index contributed by atoms with van der Waals surface area (Å²) in [6.45, 7) is 0. The molecule has 1 aromatic heterocycles. The first-order valence-corrected chi connectivity index (χ1v) is 10.4. The molecule has 2 bridgehead atoms. The number of hydrazine groups is 1. The summed E-state index contributed by atoms with van der Waals surface area (Å²) in [7, 11) is 0. The van der Waals surface area contributed by atoms with Crippen molar-refractivity contribution in [3.8, 4) is 0 Å². The van der Waals surface area contributed by atoms with Crippen molar-refractivity contribution in [1.82, 2.24) is 10.4 Å². The Morgan fingerprint density at radius 2 is 1.96 bits per heavy atom. The number of rotatable bonds is 2. The average molecular weight is 374 g/mol. The van der Waals surface area contributed by atoms with Gasteiger partial charge in [-0.15, -0.1) is 11.8 Å². The second-order valence-electron chi connectivity index (χ2n) is 7.27. The van der Waals surface area contributed by atoms with Crippen LogP contribution in [0, 0.1) is 17.8 Å². The van der Waals surface area contributed by atoms with Gasteiger partial charge in [-0.25, -0.2) is 5.84 Å². The van der Waals surface area contributed by atoms with Crippen LogP contribution in [0.25, 0.3) is 0 Å². The Balaban J connectivity index is 1.60. The highest BCUT2D eigenvalue weighted by atomic mass is 32.2. The SMILES string of the molecule is NNC(=O)c1ccc([C@@H]2c3sc(=O)[nH]c3S[C@@H]3[C@H]4CC[C@@H](C4)[C@H]23)cc1. The number of aromatic nitrogens is 1. The van der Waals surface area contributed by atoms with Crippen LogP contribution >= 0.6 is 23.1 Å². The Morgan fingerprint density at radius 1 is 1.20 bits per heavy atom. The number of carbonyl (C=O) groups is 1. The fourth-order valence-corrected chi connectivity index (χ4v) is 8.04. The third kappa shape index (κ3) is 2.33. The number of nitrogen functional groups attached to an aromatic ring is 1. The fourth-order valence-electron chi connectivity index (χ4n) is 5.15. The number of thiazole rings is 1. The standard InChI is InChI=1S/C18H19N3O2S2/c19-21-16(22)9-3-1-8(2-4-9)12-13-10-5-6-11(7-10)14(13)24-17-15(12)25-18(23)20-17/h1-4,10-14H,5-7,19H2,(H,20,23)(H,21,22)/t10-,11-,12-,13+,14+/m0/s1. The van der Waals surface area contributed by atoms with E-state index >= 15 is 0 Å². The van der Waals surface area contributed by atoms with Crippen molar-refractivity contribution in [2.24, 2.45) is 23.6 Å². The third-order valence-corrected chi connectivity index (χ3v) is 8.75. The van der Waals surface area contributed by atoms with E-state index in [2.05, 4.69) is 10.4 Å². The summed E-state index contributed by atoms with van der Waals surface area (Å²) in [6, 6.07) is 7.72. The molecule has 5 atom stereocenters. The zero-order valence-corrected chi connectivity index (χ0v) is 15.2. The summed E-state index contributed by atoms with van der Waals surface area (Å²) in [4.78, 5) is 28.0. The maximum Gasteiger partial charge on any atom is 0.305 e. The lowest BCUT2D eigenvalue weighted by Crippen LogP contribution is -2.33. The van der Waals surface area contributed by atoms with Crippen molar-refractivity contribution in [2.45, 2.75) is 35.5 Å². The number of thioether (sulfide) groups is 1. The quantitative estimate of drug-likeness (QED) is 0.429. The molecule has 5 nitrogen and oxygen atoms in total. The van der Waals surface area contributed by atoms with Crippen molar-refractivity contribution in [3.63, 3.8) is 0 Å². The number of carbonyl (C=O) groups excluding carboxylic acids is 1. The van der Waals surface area contributed by atoms with Gasteiger partial charge in [0.15, 0.2) is 0 Å². The number of hydrogen-bond donors (Lipinski definition) is 3. The molecule has 2 aliphatic carbocycles. The highest BCUT2D eigenvalue weighted by Crippen LogP contribution is 2.63. The lowest BCUT2D eigenvalue weighted by atomic mass is 9.75. The van der Waals surface area contributed by atoms with Crippen LogP contribution in [0.2, 0.25) is 0 Å². The minimum absolute atomic E-state index is 0.0361. The van der Waals surface area contributed by atoms with Gasteiger partial charge in [-0.2, -0.15) is 0 Å². The van der Waals surface area contributed by atoms with Crippen LogP contribution in [0.1, 0.15) is 46.0 Å². The van der Waals surface area contributed by atoms with E-state index in [-0.39, 0.29) is 16.7 Å². The van der Waals surface area contributed by atoms with E-state index < -0.39 is 0 Å². The van der Waals surface area contributed by atoms with Gasteiger partial charge in [-0.1, -0.05) is 23.5 Å². The summed E-state index contributed by atoms with van der Waals surface area (Å²) < 4.78 is 0. The van der Waals surface area contributed by atoms with E-state index in [1.165, 1.54) is 41.0 Å². The summed E-state index contributed by atoms with van der Waals surface area (Å²) in [5.74, 6) is 7.33. The Kier molecular flexibility index (Phi) is 3.59. The number of aromatic amines is 1. The molecule has 2 heterocycles. The van der Waals surface area contributed by atoms with Gasteiger partial charge in [0.2, 0.25) is 0 Å². The lowest BCUT2D eigenvalue weighted by molar-refractivity contribution is 0.0953. The summed E-state index contributed by atoms with van der Waals surface area (Å²) in [5.41, 5.74) is 3.93. The third-order valence-electron chi connectivity index (χ3n) is 6.13. The van der Waals surface area contributed by atoms with Crippen molar-refractivity contribution in [2.75, 3.05) is 0 Å². The van der Waals surface area contributed by atoms with Gasteiger partial charge in [0.05, 0.1) is 5.03 Å². The molecule has 0 saturated heterocycles. The van der Waals surface area contributed by atoms with Gasteiger partial charge in [0.1, 0.15) is 0 Å². The second-order valence-corrected chi connectivity index (χ2v) is 9.48. The minimum atomic E-state index is -0.282. The maximum absolute atomic E-state index is 12.0. The van der Waals surface area contributed by atoms with Gasteiger partial charge < -0.3 is 4.98 Å². The first-order chi connectivity index (χ1) is 12.2. The topological polar surface area (TPSA) is 88.0 Å². The predicted molar refractivity (Wildman–Crippen MR) is 98.8 cm³/mol. The molecule has 1 aliphatic heterocycles. The first-order valence-electron chi connectivity index (χ1n) is 8.66. The van der Waals surface area contributed by atoms with Crippen molar-refractivity contribution in [3.05, 3.63) is 49.9 Å². The van der Waals surface area contributed by atoms with Gasteiger partial charge >= 0.3 is 4.87 Å². The van der Waals surface area contributed by atoms with E-state index in [0.29, 0.717) is 16.7 Å². The van der Waals surface area contributed by atoms with E-state index in [9.17, 15) is 9.59 Å². The smallest absolute Gasteiger partial charge is 0.305 e. The van der Waals surface area contributed by atoms with Crippen LogP contribution in [0.4, 0.5) is 0 Å². The van der Waals surface area contributed by atoms with Crippen LogP contribution in [-0.4, -0.2) is 16.1 Å². The zero-order valence-electron chi connectivity index (χ0n) is 13.5. The highest BCUT2D eigenvalue weighted by Gasteiger charge is 2.54. The van der Waals surface area contributed by atoms with E-state index in [1.54, 1.807) is 0 Å². The molecule has 3 aliphatic rings. The molecule has 25 heavy (non-hydrogen) atoms. The average Bonchev–Trinajstić information content (AvgIpc) is 3.33. The molecule has 5 rings (SSSR count). The van der Waals surface area contributed by atoms with Crippen LogP contribution in [0.3, 0.4) is 0 Å². The molecule has 2 saturated carbocycles. The maximum atomic E-state index is 12.0. The van der Waals surface area contributed by atoms with Gasteiger partial charge in [0, 0.05) is 21.6 Å². The van der Waals surface area contributed by atoms with Crippen molar-refractivity contribution >= 4 is 29.0 Å². The number of fused-ring (bicyclic) bond motifs is 6. The van der Waals surface area contributed by atoms with Crippen LogP contribution in [0.5, 0.6) is 0 Å². The van der Waals surface area contributed by atoms with Gasteiger partial charge in [-0.3, -0.25) is 15.0 Å². The fraction of sp³-hybridized carbons (Fsp3) is 0.444. The van der Waals surface area contributed by atoms with E-state index in [4.69, 9.17) is 5.84 Å². The molecule has 2 aromatic rings. The van der Waals surface area contributed by atoms with E-state index in [0.717, 1.165) is 16.9 Å². The molecular weight excluding hydrogens is 354 g/mol. The summed E-state index contributed by atoms with van der Waals surface area (Å²) in [6.07, 6.45) is 3.96. The second kappa shape index (κ2) is 5.72. The molecule has 1 amide bonds. The number of nitrogens with one attached hydrogen (secondary N) is 2. The molecule has 2 fully saturated rings. The molecule has 0 radical (unpaired) electrons. The lowest BCUT2D eigenvalue weighted by Gasteiger charge is -2.40. The van der Waals surface area contributed by atoms with Crippen LogP contribution in [-0.2, 0) is 0 Å². The predicted octanol–water partition coefficient (Wildman–Crippen LogP) is 2.69. The number of nitrogens with two attached hydrogens (primary N) is 1. The molecule has 130 valence electrons. The Labute approximate surface area is 153 Å². The first kappa shape index (κ1) is 15.7. The number of amides is 1. The number of H-pyrrole nitrogens is 1. The Bertz CT molecular complexity index is 888. The van der Waals surface area contributed by atoms with Gasteiger partial charge in [0.25, 0.3) is 5.91 Å². The summed E-state index contributed by atoms with van der Waals surface area (Å²) >= 11 is 3.25. The Morgan fingerprint density at radius 3 is 2.72 bits per heavy atom. The summed E-state index contributed by atoms with van der Waals surface area (Å²) in [5, 5.41) is 1.67. The normalized spacial score (nSPS) is 32.3. The minimum Gasteiger partial charge on any atom is -0.307 e. The van der Waals surface area contributed by atoms with Crippen molar-refractivity contribution in [1.29, 1.82) is 0 Å². The largest absolute Gasteiger partial charge is 0.307 e. The zero-order chi connectivity index (χ0) is 17.1. The van der Waals surface area contributed by atoms with Crippen LogP contribution in [0.15, 0.2) is 34.1 Å². The highest BCUT2D eigenvalue weighted by molar-refractivity contribution is 8.00. The molecule has 4 N–H and O–H groups in total. The molecular formula is C18H19N3O2S2. The van der Waals surface area contributed by atoms with Crippen LogP contribution < -0.4 is 16.1 Å². The molecule has 0 spiro atoms. The van der Waals surface area contributed by atoms with E-state index in [1.807, 2.05) is 36.0 Å².